The van der Waals surface area contributed by atoms with Crippen molar-refractivity contribution in [1.29, 1.82) is 0 Å². The molecule has 3 heteroatoms. The Hall–Kier alpha value is -0.900. The molecule has 3 rings (SSSR count). The molecule has 1 saturated carbocycles. The summed E-state index contributed by atoms with van der Waals surface area (Å²) in [7, 11) is 0. The average molecular weight is 274 g/mol. The molecule has 1 aliphatic carbocycles. The molecule has 1 atom stereocenters. The molecule has 1 aliphatic heterocycles. The number of ether oxygens (including phenoxy) is 1. The summed E-state index contributed by atoms with van der Waals surface area (Å²) in [6.07, 6.45) is 2.70. The first-order valence-electron chi connectivity index (χ1n) is 7.83. The van der Waals surface area contributed by atoms with E-state index in [9.17, 15) is 0 Å². The van der Waals surface area contributed by atoms with Crippen molar-refractivity contribution >= 4 is 0 Å². The summed E-state index contributed by atoms with van der Waals surface area (Å²) in [5.41, 5.74) is 4.21. The summed E-state index contributed by atoms with van der Waals surface area (Å²) in [6, 6.07) is 8.06. The summed E-state index contributed by atoms with van der Waals surface area (Å²) in [5, 5.41) is 3.65. The third-order valence-electron chi connectivity index (χ3n) is 4.45. The number of hydrogen-bond acceptors (Lipinski definition) is 3. The lowest BCUT2D eigenvalue weighted by molar-refractivity contribution is -0.0111. The highest BCUT2D eigenvalue weighted by atomic mass is 16.5. The van der Waals surface area contributed by atoms with Gasteiger partial charge in [-0.2, -0.15) is 0 Å². The van der Waals surface area contributed by atoms with Crippen LogP contribution in [0.5, 0.6) is 0 Å². The van der Waals surface area contributed by atoms with Gasteiger partial charge in [-0.05, 0) is 37.8 Å². The molecule has 0 spiro atoms. The zero-order valence-electron chi connectivity index (χ0n) is 12.7. The van der Waals surface area contributed by atoms with Crippen LogP contribution >= 0.6 is 0 Å². The van der Waals surface area contributed by atoms with Gasteiger partial charge in [0.25, 0.3) is 0 Å². The Morgan fingerprint density at radius 3 is 2.95 bits per heavy atom. The molecule has 1 N–H and O–H groups in total. The van der Waals surface area contributed by atoms with Crippen molar-refractivity contribution in [2.24, 2.45) is 0 Å². The summed E-state index contributed by atoms with van der Waals surface area (Å²) in [4.78, 5) is 2.58. The first-order chi connectivity index (χ1) is 9.72. The molecule has 0 radical (unpaired) electrons. The lowest BCUT2D eigenvalue weighted by atomic mass is 10.0. The molecule has 20 heavy (non-hydrogen) atoms. The van der Waals surface area contributed by atoms with Crippen molar-refractivity contribution < 1.29 is 4.74 Å². The van der Waals surface area contributed by atoms with Crippen molar-refractivity contribution in [1.82, 2.24) is 10.2 Å². The minimum atomic E-state index is 0.518. The summed E-state index contributed by atoms with van der Waals surface area (Å²) >= 11 is 0. The number of benzene rings is 1. The van der Waals surface area contributed by atoms with E-state index in [-0.39, 0.29) is 0 Å². The van der Waals surface area contributed by atoms with E-state index in [4.69, 9.17) is 4.74 Å². The fourth-order valence-electron chi connectivity index (χ4n) is 2.86. The molecule has 0 aromatic heterocycles. The molecule has 2 fully saturated rings. The van der Waals surface area contributed by atoms with Gasteiger partial charge < -0.3 is 10.1 Å². The molecule has 1 aromatic carbocycles. The zero-order chi connectivity index (χ0) is 13.9. The molecule has 0 bridgehead atoms. The lowest BCUT2D eigenvalue weighted by Gasteiger charge is -2.36. The van der Waals surface area contributed by atoms with E-state index in [0.29, 0.717) is 6.04 Å². The Balaban J connectivity index is 1.64. The molecular weight excluding hydrogens is 248 g/mol. The first-order valence-corrected chi connectivity index (χ1v) is 7.83. The van der Waals surface area contributed by atoms with E-state index in [1.54, 1.807) is 0 Å². The Morgan fingerprint density at radius 1 is 1.30 bits per heavy atom. The summed E-state index contributed by atoms with van der Waals surface area (Å²) in [5.74, 6) is 0. The van der Waals surface area contributed by atoms with Gasteiger partial charge in [-0.3, -0.25) is 4.90 Å². The maximum absolute atomic E-state index is 5.68. The van der Waals surface area contributed by atoms with E-state index in [0.717, 1.165) is 38.9 Å². The van der Waals surface area contributed by atoms with Crippen LogP contribution in [0.2, 0.25) is 0 Å². The lowest BCUT2D eigenvalue weighted by Crippen LogP contribution is -2.50. The second-order valence-electron chi connectivity index (χ2n) is 6.31. The molecule has 1 heterocycles. The number of morpholine rings is 1. The second-order valence-corrected chi connectivity index (χ2v) is 6.31. The molecule has 1 aromatic rings. The standard InChI is InChI=1S/C17H26N2O/c1-13-3-4-14(2)15(9-13)11-19-7-8-20-12-17(19)10-18-16-5-6-16/h3-4,9,16-18H,5-8,10-12H2,1-2H3. The van der Waals surface area contributed by atoms with Crippen LogP contribution in [0.4, 0.5) is 0 Å². The van der Waals surface area contributed by atoms with Crippen LogP contribution in [-0.4, -0.2) is 43.3 Å². The van der Waals surface area contributed by atoms with Gasteiger partial charge in [-0.1, -0.05) is 23.8 Å². The normalized spacial score (nSPS) is 24.0. The summed E-state index contributed by atoms with van der Waals surface area (Å²) < 4.78 is 5.68. The topological polar surface area (TPSA) is 24.5 Å². The van der Waals surface area contributed by atoms with Gasteiger partial charge in [0.2, 0.25) is 0 Å². The van der Waals surface area contributed by atoms with Crippen LogP contribution in [0.3, 0.4) is 0 Å². The van der Waals surface area contributed by atoms with Crippen LogP contribution in [0.15, 0.2) is 18.2 Å². The van der Waals surface area contributed by atoms with E-state index < -0.39 is 0 Å². The fraction of sp³-hybridized carbons (Fsp3) is 0.647. The SMILES string of the molecule is Cc1ccc(C)c(CN2CCOCC2CNC2CC2)c1. The second kappa shape index (κ2) is 6.25. The van der Waals surface area contributed by atoms with E-state index in [2.05, 4.69) is 42.3 Å². The zero-order valence-corrected chi connectivity index (χ0v) is 12.7. The Bertz CT molecular complexity index is 456. The minimum Gasteiger partial charge on any atom is -0.378 e. The Morgan fingerprint density at radius 2 is 2.15 bits per heavy atom. The molecule has 110 valence electrons. The van der Waals surface area contributed by atoms with E-state index >= 15 is 0 Å². The summed E-state index contributed by atoms with van der Waals surface area (Å²) in [6.45, 7) is 9.28. The highest BCUT2D eigenvalue weighted by Gasteiger charge is 2.27. The van der Waals surface area contributed by atoms with E-state index in [1.165, 1.54) is 29.5 Å². The van der Waals surface area contributed by atoms with Gasteiger partial charge in [0.15, 0.2) is 0 Å². The van der Waals surface area contributed by atoms with Gasteiger partial charge in [0.1, 0.15) is 0 Å². The van der Waals surface area contributed by atoms with Crippen LogP contribution in [0, 0.1) is 13.8 Å². The number of rotatable bonds is 5. The maximum atomic E-state index is 5.68. The van der Waals surface area contributed by atoms with Gasteiger partial charge in [-0.25, -0.2) is 0 Å². The van der Waals surface area contributed by atoms with Crippen LogP contribution in [0.1, 0.15) is 29.5 Å². The van der Waals surface area contributed by atoms with Gasteiger partial charge in [-0.15, -0.1) is 0 Å². The smallest absolute Gasteiger partial charge is 0.0635 e. The predicted molar refractivity (Wildman–Crippen MR) is 82.0 cm³/mol. The largest absolute Gasteiger partial charge is 0.378 e. The number of hydrogen-bond donors (Lipinski definition) is 1. The molecule has 3 nitrogen and oxygen atoms in total. The number of aryl methyl sites for hydroxylation is 2. The Labute approximate surface area is 122 Å². The highest BCUT2D eigenvalue weighted by molar-refractivity contribution is 5.30. The van der Waals surface area contributed by atoms with Crippen LogP contribution < -0.4 is 5.32 Å². The highest BCUT2D eigenvalue weighted by Crippen LogP contribution is 2.20. The first kappa shape index (κ1) is 14.1. The molecule has 0 amide bonds. The fourth-order valence-corrected chi connectivity index (χ4v) is 2.86. The maximum Gasteiger partial charge on any atom is 0.0635 e. The number of nitrogens with one attached hydrogen (secondary N) is 1. The molecule has 1 unspecified atom stereocenters. The predicted octanol–water partition coefficient (Wildman–Crippen LogP) is 2.26. The molecule has 1 saturated heterocycles. The third kappa shape index (κ3) is 3.60. The van der Waals surface area contributed by atoms with Gasteiger partial charge in [0, 0.05) is 31.7 Å². The third-order valence-corrected chi connectivity index (χ3v) is 4.45. The molecule has 2 aliphatic rings. The van der Waals surface area contributed by atoms with Crippen molar-refractivity contribution in [3.05, 3.63) is 34.9 Å². The minimum absolute atomic E-state index is 0.518. The quantitative estimate of drug-likeness (QED) is 0.891. The van der Waals surface area contributed by atoms with Gasteiger partial charge >= 0.3 is 0 Å². The Kier molecular flexibility index (Phi) is 4.39. The van der Waals surface area contributed by atoms with Crippen molar-refractivity contribution in [2.75, 3.05) is 26.3 Å². The van der Waals surface area contributed by atoms with Gasteiger partial charge in [0.05, 0.1) is 13.2 Å². The number of nitrogens with zero attached hydrogens (tertiary/aromatic N) is 1. The van der Waals surface area contributed by atoms with Crippen LogP contribution in [0.25, 0.3) is 0 Å². The van der Waals surface area contributed by atoms with Crippen molar-refractivity contribution in [3.63, 3.8) is 0 Å². The monoisotopic (exact) mass is 274 g/mol. The van der Waals surface area contributed by atoms with Crippen molar-refractivity contribution in [3.8, 4) is 0 Å². The average Bonchev–Trinajstić information content (AvgIpc) is 3.26. The van der Waals surface area contributed by atoms with Crippen molar-refractivity contribution in [2.45, 2.75) is 45.3 Å². The van der Waals surface area contributed by atoms with E-state index in [1.807, 2.05) is 0 Å². The molecular formula is C17H26N2O. The van der Waals surface area contributed by atoms with Crippen LogP contribution in [-0.2, 0) is 11.3 Å².